The number of hydrazine groups is 1. The van der Waals surface area contributed by atoms with Gasteiger partial charge in [0.05, 0.1) is 12.2 Å². The van der Waals surface area contributed by atoms with Gasteiger partial charge in [-0.15, -0.1) is 0 Å². The van der Waals surface area contributed by atoms with Crippen LogP contribution in [-0.4, -0.2) is 127 Å². The number of carbonyl (C=O) groups is 6. The zero-order valence-electron chi connectivity index (χ0n) is 91.3. The molecule has 0 saturated carbocycles. The maximum absolute atomic E-state index is 11.8. The Bertz CT molecular complexity index is 5390. The maximum atomic E-state index is 11.8. The molecule has 143 heavy (non-hydrogen) atoms. The Kier molecular flexibility index (Phi) is 54.8. The van der Waals surface area contributed by atoms with Gasteiger partial charge in [-0.25, -0.2) is 5.84 Å². The molecule has 4 saturated heterocycles. The highest BCUT2D eigenvalue weighted by molar-refractivity contribution is 5.97. The maximum Gasteiger partial charge on any atom is 0.373 e. The number of piperidine rings is 3. The number of β-amino-alcohol motifs (C(OH)–C–C–N with tert-alkyl or cyclic N) is 1. The minimum Gasteiger partial charge on any atom is -0.393 e. The minimum atomic E-state index is -0.248. The number of Topliss-reactive ketones (excluding diaryl/α,β-unsaturated/α-hetero) is 4. The normalized spacial score (nSPS) is 15.1. The van der Waals surface area contributed by atoms with Crippen molar-refractivity contribution in [3.8, 4) is 0 Å². The number of amides is 2. The van der Waals surface area contributed by atoms with Crippen LogP contribution in [0, 0.1) is 11.8 Å². The van der Waals surface area contributed by atoms with Gasteiger partial charge in [0.1, 0.15) is 5.78 Å². The average Bonchev–Trinajstić information content (AvgIpc) is 1.63. The van der Waals surface area contributed by atoms with E-state index >= 15 is 0 Å². The van der Waals surface area contributed by atoms with E-state index in [1.165, 1.54) is 85.8 Å². The third-order valence-corrected chi connectivity index (χ3v) is 26.7. The Hall–Kier alpha value is -11.6. The molecule has 4 heterocycles. The number of aliphatic hydroxyl groups excluding tert-OH is 2. The lowest BCUT2D eigenvalue weighted by Crippen LogP contribution is -2.38. The second-order valence-electron chi connectivity index (χ2n) is 42.1. The lowest BCUT2D eigenvalue weighted by molar-refractivity contribution is -0.191. The van der Waals surface area contributed by atoms with E-state index in [4.69, 9.17) is 15.4 Å². The third-order valence-electron chi connectivity index (χ3n) is 26.7. The third kappa shape index (κ3) is 44.3. The van der Waals surface area contributed by atoms with Gasteiger partial charge in [0.15, 0.2) is 17.3 Å². The molecule has 10 aromatic rings. The van der Waals surface area contributed by atoms with Crippen LogP contribution in [0.15, 0.2) is 249 Å². The van der Waals surface area contributed by atoms with E-state index < -0.39 is 0 Å². The van der Waals surface area contributed by atoms with Gasteiger partial charge in [0.2, 0.25) is 0 Å². The number of rotatable bonds is 25. The number of unbranched alkanes of at least 4 members (excludes halogenated alkanes) is 1. The molecule has 17 nitrogen and oxygen atoms in total. The monoisotopic (exact) mass is 1950 g/mol. The molecule has 4 aliphatic heterocycles. The molecule has 4 fully saturated rings. The van der Waals surface area contributed by atoms with Crippen LogP contribution in [0.5, 0.6) is 0 Å². The van der Waals surface area contributed by atoms with Crippen molar-refractivity contribution in [3.63, 3.8) is 0 Å². The summed E-state index contributed by atoms with van der Waals surface area (Å²) in [5, 5.41) is 22.0. The van der Waals surface area contributed by atoms with Gasteiger partial charge >= 0.3 is 6.15 Å². The van der Waals surface area contributed by atoms with Crippen LogP contribution < -0.4 is 31.3 Å². The number of likely N-dealkylation sites (tertiary alicyclic amines) is 1. The fourth-order valence-corrected chi connectivity index (χ4v) is 17.0. The van der Waals surface area contributed by atoms with Gasteiger partial charge in [-0.05, 0) is 265 Å². The standard InChI is InChI=1S/C22H29N.C16H23NO.2C14H21NO.C14H20O.C13H19NO.2C11H14O.C10H14N2O.CO2/c1-17-14-23(15-18-9-6-5-7-10-18)16-21(17)19-11-8-12-20(13-19)22(2,3)4;1-12(2)14-4-6-16(7-5-14)17-10-8-15(9-11-17)13(3)18;1-11(2)12-3-5-13(6-4-12)15-9-7-14(16)8-10-15;1-11(2)12-5-7-13(8-6-12)15-9-3-4-14(16)10-15;1-4-5-9-14(15)13-8-6-7-12(10-13)11(2)3;1-4-9-14-13(15)12-7-5-11(6-8-12)10(2)3;1-8(2)10-4-6-11(7-5-10)9(3)12;1-8(2)10-5-4-6-11(7-10)9(3)12;1-7(2)8-4-3-5-9(6-8)10(13)12-11;2-1-3/h5-13,17,21H,14-16H2,1-4H3;4-7,12,15H,8-11H2,1-3H3;3-6,11,14,16H,7-10H2,1-2H3;5-8,11,14,16H,3-4,9-10H2,1-2H3;6-8,10-11H,4-5,9H2,1-3H3;5-8,10H,4,9H2,1-3H3,(H,14,15);2*4-8H,1-3H3;3-7H,11H2,1-2H3,(H,12,13);/t17-,21?;;;;;;;;;/m0........./s1. The molecule has 6 N–H and O–H groups in total. The molecule has 0 aliphatic carbocycles. The Morgan fingerprint density at radius 2 is 0.790 bits per heavy atom. The van der Waals surface area contributed by atoms with Gasteiger partial charge in [-0.2, -0.15) is 9.59 Å². The summed E-state index contributed by atoms with van der Waals surface area (Å²) in [6.07, 6.45) is 9.55. The van der Waals surface area contributed by atoms with Gasteiger partial charge in [-0.3, -0.25) is 39.1 Å². The quantitative estimate of drug-likeness (QED) is 0.0155. The fourth-order valence-electron chi connectivity index (χ4n) is 17.0. The molecule has 0 bridgehead atoms. The SMILES string of the molecule is CC(=O)C1CCN(c2ccc(C(C)C)cc2)CC1.CC(=O)c1ccc(C(C)C)cc1.CC(=O)c1cccc(C(C)C)c1.CC(C)c1ccc(N2CCC(O)CC2)cc1.CC(C)c1ccc(N2CCCC(O)C2)cc1.CC(C)c1cccc(C(=O)NN)c1.CCCCC(=O)c1cccc(C(C)C)c1.CCCNC(=O)c1ccc(C(C)C)cc1.C[C@H]1CN(Cc2ccccc2)CC1c1cccc(C(C)(C)C)c1.O=C=O. The van der Waals surface area contributed by atoms with E-state index in [0.717, 1.165) is 138 Å². The number of carbonyl (C=O) groups excluding carboxylic acids is 8. The summed E-state index contributed by atoms with van der Waals surface area (Å²) < 4.78 is 0. The molecular weight excluding hydrogens is 1770 g/mol. The number of hydrogen-bond donors (Lipinski definition) is 5. The number of aliphatic hydroxyl groups is 2. The summed E-state index contributed by atoms with van der Waals surface area (Å²) in [6.45, 7) is 62.9. The van der Waals surface area contributed by atoms with Gasteiger partial charge in [0, 0.05) is 129 Å². The van der Waals surface area contributed by atoms with E-state index in [-0.39, 0.29) is 58.9 Å². The van der Waals surface area contributed by atoms with Crippen molar-refractivity contribution in [1.29, 1.82) is 0 Å². The highest BCUT2D eigenvalue weighted by Gasteiger charge is 2.32. The molecule has 0 spiro atoms. The van der Waals surface area contributed by atoms with Crippen molar-refractivity contribution in [2.75, 3.05) is 73.6 Å². The van der Waals surface area contributed by atoms with Crippen molar-refractivity contribution in [3.05, 3.63) is 338 Å². The number of nitrogens with zero attached hydrogens (tertiary/aromatic N) is 4. The van der Waals surface area contributed by atoms with Gasteiger partial charge in [-0.1, -0.05) is 335 Å². The van der Waals surface area contributed by atoms with Gasteiger partial charge in [0.25, 0.3) is 11.8 Å². The highest BCUT2D eigenvalue weighted by Crippen LogP contribution is 2.37. The predicted octanol–water partition coefficient (Wildman–Crippen LogP) is 28.4. The first-order chi connectivity index (χ1) is 67.9. The molecule has 4 aliphatic rings. The smallest absolute Gasteiger partial charge is 0.373 e. The topological polar surface area (TPSA) is 240 Å². The van der Waals surface area contributed by atoms with Crippen LogP contribution in [0.1, 0.15) is 404 Å². The average molecular weight is 1950 g/mol. The van der Waals surface area contributed by atoms with Crippen molar-refractivity contribution in [2.45, 2.75) is 315 Å². The van der Waals surface area contributed by atoms with Gasteiger partial charge < -0.3 is 30.2 Å². The number of benzene rings is 10. The number of anilines is 3. The summed E-state index contributed by atoms with van der Waals surface area (Å²) in [6, 6.07) is 85.4. The summed E-state index contributed by atoms with van der Waals surface area (Å²) in [5.74, 6) is 11.6. The zero-order valence-corrected chi connectivity index (χ0v) is 91.3. The molecule has 0 radical (unpaired) electrons. The van der Waals surface area contributed by atoms with Crippen molar-refractivity contribution < 1.29 is 48.6 Å². The molecule has 774 valence electrons. The van der Waals surface area contributed by atoms with E-state index in [2.05, 4.69) is 315 Å². The van der Waals surface area contributed by atoms with Crippen LogP contribution in [-0.2, 0) is 26.3 Å². The first-order valence-electron chi connectivity index (χ1n) is 52.5. The van der Waals surface area contributed by atoms with E-state index in [9.17, 15) is 39.0 Å². The Morgan fingerprint density at radius 3 is 1.19 bits per heavy atom. The number of hydrogen-bond acceptors (Lipinski definition) is 15. The van der Waals surface area contributed by atoms with Crippen LogP contribution in [0.4, 0.5) is 17.1 Å². The molecule has 2 amide bonds. The van der Waals surface area contributed by atoms with E-state index in [0.29, 0.717) is 76.9 Å². The lowest BCUT2D eigenvalue weighted by atomic mass is 9.83. The van der Waals surface area contributed by atoms with Crippen LogP contribution in [0.2, 0.25) is 0 Å². The largest absolute Gasteiger partial charge is 0.393 e. The second-order valence-corrected chi connectivity index (χ2v) is 42.1. The zero-order chi connectivity index (χ0) is 106. The minimum absolute atomic E-state index is 0.0205. The summed E-state index contributed by atoms with van der Waals surface area (Å²) in [5.41, 5.74) is 24.7. The number of ketones is 4. The molecular formula is C126H175N7O10. The van der Waals surface area contributed by atoms with Crippen LogP contribution in [0.3, 0.4) is 0 Å². The predicted molar refractivity (Wildman–Crippen MR) is 597 cm³/mol. The van der Waals surface area contributed by atoms with Crippen LogP contribution >= 0.6 is 0 Å². The second kappa shape index (κ2) is 64.2. The summed E-state index contributed by atoms with van der Waals surface area (Å²) in [4.78, 5) is 93.7. The van der Waals surface area contributed by atoms with E-state index in [1.54, 1.807) is 26.8 Å². The Morgan fingerprint density at radius 1 is 0.399 bits per heavy atom. The number of nitrogen functional groups attached to an aromatic ring is 1. The van der Waals surface area contributed by atoms with E-state index in [1.807, 2.05) is 110 Å². The first kappa shape index (κ1) is 122. The van der Waals surface area contributed by atoms with Crippen molar-refractivity contribution in [2.24, 2.45) is 17.7 Å². The summed E-state index contributed by atoms with van der Waals surface area (Å²) in [7, 11) is 0. The van der Waals surface area contributed by atoms with Crippen molar-refractivity contribution in [1.82, 2.24) is 15.6 Å². The Labute approximate surface area is 860 Å². The van der Waals surface area contributed by atoms with Crippen LogP contribution in [0.25, 0.3) is 0 Å². The summed E-state index contributed by atoms with van der Waals surface area (Å²) >= 11 is 0. The highest BCUT2D eigenvalue weighted by atomic mass is 16.3. The molecule has 10 aromatic carbocycles. The number of nitrogens with two attached hydrogens (primary N) is 1. The number of nitrogens with one attached hydrogen (secondary N) is 2. The van der Waals surface area contributed by atoms with Crippen molar-refractivity contribution >= 4 is 58.2 Å². The first-order valence-corrected chi connectivity index (χ1v) is 52.5. The molecule has 0 aromatic heterocycles. The molecule has 17 heteroatoms. The Balaban J connectivity index is 0.000000284. The lowest BCUT2D eigenvalue weighted by Gasteiger charge is -2.32. The molecule has 14 rings (SSSR count). The molecule has 2 unspecified atom stereocenters. The fraction of sp³-hybridized carbons (Fsp3) is 0.468. The molecule has 3 atom stereocenters.